The first-order chi connectivity index (χ1) is 4.33. The second-order valence-electron chi connectivity index (χ2n) is 1.64. The molecule has 0 N–H and O–H groups in total. The average molecular weight is 181 g/mol. The van der Waals surface area contributed by atoms with Crippen LogP contribution in [0.4, 0.5) is 0 Å². The molecule has 0 aromatic carbocycles. The predicted molar refractivity (Wildman–Crippen MR) is 43.8 cm³/mol. The summed E-state index contributed by atoms with van der Waals surface area (Å²) >= 11 is 12.8. The van der Waals surface area contributed by atoms with Crippen LogP contribution in [0.5, 0.6) is 0 Å². The van der Waals surface area contributed by atoms with E-state index in [1.54, 1.807) is 11.3 Å². The van der Waals surface area contributed by atoms with Gasteiger partial charge in [0.15, 0.2) is 0 Å². The lowest BCUT2D eigenvalue weighted by atomic mass is 10.4. The third-order valence-corrected chi connectivity index (χ3v) is 2.45. The molecule has 0 aliphatic heterocycles. The molecule has 1 heterocycles. The topological polar surface area (TPSA) is 0 Å². The van der Waals surface area contributed by atoms with E-state index >= 15 is 0 Å². The van der Waals surface area contributed by atoms with Gasteiger partial charge in [0.25, 0.3) is 0 Å². The van der Waals surface area contributed by atoms with Crippen molar-refractivity contribution in [3.63, 3.8) is 0 Å². The lowest BCUT2D eigenvalue weighted by Gasteiger charge is -1.84. The second kappa shape index (κ2) is 3.45. The fourth-order valence-corrected chi connectivity index (χ4v) is 1.98. The van der Waals surface area contributed by atoms with E-state index in [1.165, 1.54) is 4.88 Å². The molecule has 0 fully saturated rings. The van der Waals surface area contributed by atoms with E-state index in [1.807, 2.05) is 12.1 Å². The van der Waals surface area contributed by atoms with E-state index in [0.717, 1.165) is 10.8 Å². The van der Waals surface area contributed by atoms with Crippen molar-refractivity contribution in [2.24, 2.45) is 0 Å². The smallest absolute Gasteiger partial charge is 0.0931 e. The number of rotatable bonds is 2. The molecule has 3 heteroatoms. The summed E-state index contributed by atoms with van der Waals surface area (Å²) in [6, 6.07) is 3.91. The largest absolute Gasteiger partial charge is 0.128 e. The number of aryl methyl sites for hydroxylation is 1. The maximum absolute atomic E-state index is 5.67. The van der Waals surface area contributed by atoms with Crippen molar-refractivity contribution in [2.75, 3.05) is 5.88 Å². The fraction of sp³-hybridized carbons (Fsp3) is 0.333. The van der Waals surface area contributed by atoms with Crippen LogP contribution in [0.2, 0.25) is 4.34 Å². The Hall–Kier alpha value is 0.280. The minimum absolute atomic E-state index is 0.677. The fourth-order valence-electron chi connectivity index (χ4n) is 0.579. The molecule has 0 aliphatic rings. The molecular weight excluding hydrogens is 175 g/mol. The molecule has 0 bridgehead atoms. The van der Waals surface area contributed by atoms with Crippen molar-refractivity contribution in [1.82, 2.24) is 0 Å². The van der Waals surface area contributed by atoms with Crippen molar-refractivity contribution in [2.45, 2.75) is 6.42 Å². The molecule has 1 rings (SSSR count). The third kappa shape index (κ3) is 2.17. The number of alkyl halides is 1. The van der Waals surface area contributed by atoms with Crippen molar-refractivity contribution >= 4 is 34.5 Å². The van der Waals surface area contributed by atoms with Gasteiger partial charge >= 0.3 is 0 Å². The van der Waals surface area contributed by atoms with Gasteiger partial charge in [0.1, 0.15) is 0 Å². The lowest BCUT2D eigenvalue weighted by molar-refractivity contribution is 1.20. The minimum Gasteiger partial charge on any atom is -0.128 e. The monoisotopic (exact) mass is 180 g/mol. The standard InChI is InChI=1S/C6H6Cl2S/c7-4-3-5-1-2-6(8)9-5/h1-2H,3-4H2. The molecule has 1 aromatic heterocycles. The molecule has 0 spiro atoms. The molecule has 0 unspecified atom stereocenters. The predicted octanol–water partition coefficient (Wildman–Crippen LogP) is 3.18. The van der Waals surface area contributed by atoms with E-state index in [-0.39, 0.29) is 0 Å². The molecular formula is C6H6Cl2S. The van der Waals surface area contributed by atoms with E-state index in [9.17, 15) is 0 Å². The molecule has 0 saturated heterocycles. The first kappa shape index (κ1) is 7.39. The number of halogens is 2. The van der Waals surface area contributed by atoms with Crippen molar-refractivity contribution in [1.29, 1.82) is 0 Å². The van der Waals surface area contributed by atoms with Crippen LogP contribution in [0.1, 0.15) is 4.88 Å². The zero-order valence-electron chi connectivity index (χ0n) is 4.73. The molecule has 50 valence electrons. The summed E-state index contributed by atoms with van der Waals surface area (Å²) in [6.07, 6.45) is 0.930. The molecule has 9 heavy (non-hydrogen) atoms. The Bertz CT molecular complexity index is 183. The van der Waals surface area contributed by atoms with Crippen LogP contribution in [0, 0.1) is 0 Å². The van der Waals surface area contributed by atoms with Crippen molar-refractivity contribution < 1.29 is 0 Å². The van der Waals surface area contributed by atoms with E-state index in [0.29, 0.717) is 5.88 Å². The van der Waals surface area contributed by atoms with Crippen LogP contribution < -0.4 is 0 Å². The highest BCUT2D eigenvalue weighted by Gasteiger charge is 1.94. The van der Waals surface area contributed by atoms with Crippen molar-refractivity contribution in [3.8, 4) is 0 Å². The normalized spacial score (nSPS) is 10.0. The van der Waals surface area contributed by atoms with Gasteiger partial charge in [-0.25, -0.2) is 0 Å². The van der Waals surface area contributed by atoms with Gasteiger partial charge in [-0.15, -0.1) is 22.9 Å². The van der Waals surface area contributed by atoms with Gasteiger partial charge < -0.3 is 0 Å². The summed E-state index contributed by atoms with van der Waals surface area (Å²) in [6.45, 7) is 0. The highest BCUT2D eigenvalue weighted by molar-refractivity contribution is 7.16. The molecule has 0 saturated carbocycles. The summed E-state index contributed by atoms with van der Waals surface area (Å²) in [5.74, 6) is 0.677. The summed E-state index contributed by atoms with van der Waals surface area (Å²) in [4.78, 5) is 1.26. The molecule has 0 nitrogen and oxygen atoms in total. The molecule has 0 aliphatic carbocycles. The second-order valence-corrected chi connectivity index (χ2v) is 3.82. The van der Waals surface area contributed by atoms with Crippen LogP contribution in [0.15, 0.2) is 12.1 Å². The summed E-state index contributed by atoms with van der Waals surface area (Å²) in [7, 11) is 0. The van der Waals surface area contributed by atoms with Gasteiger partial charge in [-0.1, -0.05) is 11.6 Å². The Kier molecular flexibility index (Phi) is 2.83. The zero-order chi connectivity index (χ0) is 6.69. The van der Waals surface area contributed by atoms with E-state index in [4.69, 9.17) is 23.2 Å². The Morgan fingerprint density at radius 2 is 2.22 bits per heavy atom. The Morgan fingerprint density at radius 3 is 2.67 bits per heavy atom. The van der Waals surface area contributed by atoms with Gasteiger partial charge in [-0.2, -0.15) is 0 Å². The Balaban J connectivity index is 2.61. The number of hydrogen-bond donors (Lipinski definition) is 0. The first-order valence-corrected chi connectivity index (χ1v) is 4.36. The van der Waals surface area contributed by atoms with Crippen LogP contribution in [-0.2, 0) is 6.42 Å². The summed E-state index contributed by atoms with van der Waals surface area (Å²) < 4.78 is 0.843. The van der Waals surface area contributed by atoms with Gasteiger partial charge in [0.05, 0.1) is 4.34 Å². The highest BCUT2D eigenvalue weighted by atomic mass is 35.5. The minimum atomic E-state index is 0.677. The van der Waals surface area contributed by atoms with Gasteiger partial charge in [-0.05, 0) is 18.6 Å². The van der Waals surface area contributed by atoms with Crippen LogP contribution in [0.25, 0.3) is 0 Å². The first-order valence-electron chi connectivity index (χ1n) is 2.63. The highest BCUT2D eigenvalue weighted by Crippen LogP contribution is 2.21. The SMILES string of the molecule is ClCCc1ccc(Cl)s1. The average Bonchev–Trinajstić information content (AvgIpc) is 2.17. The van der Waals surface area contributed by atoms with E-state index < -0.39 is 0 Å². The van der Waals surface area contributed by atoms with Crippen LogP contribution >= 0.6 is 34.5 Å². The van der Waals surface area contributed by atoms with Crippen molar-refractivity contribution in [3.05, 3.63) is 21.3 Å². The molecule has 0 amide bonds. The van der Waals surface area contributed by atoms with Gasteiger partial charge in [-0.3, -0.25) is 0 Å². The summed E-state index contributed by atoms with van der Waals surface area (Å²) in [5.41, 5.74) is 0. The number of hydrogen-bond acceptors (Lipinski definition) is 1. The van der Waals surface area contributed by atoms with Gasteiger partial charge in [0, 0.05) is 10.8 Å². The molecule has 0 atom stereocenters. The number of thiophene rings is 1. The lowest BCUT2D eigenvalue weighted by Crippen LogP contribution is -1.76. The third-order valence-electron chi connectivity index (χ3n) is 0.970. The summed E-state index contributed by atoms with van der Waals surface area (Å²) in [5, 5.41) is 0. The van der Waals surface area contributed by atoms with Crippen LogP contribution in [-0.4, -0.2) is 5.88 Å². The quantitative estimate of drug-likeness (QED) is 0.614. The maximum Gasteiger partial charge on any atom is 0.0931 e. The molecule has 1 aromatic rings. The Labute approximate surface area is 68.4 Å². The zero-order valence-corrected chi connectivity index (χ0v) is 7.06. The molecule has 0 radical (unpaired) electrons. The maximum atomic E-state index is 5.67. The van der Waals surface area contributed by atoms with Gasteiger partial charge in [0.2, 0.25) is 0 Å². The van der Waals surface area contributed by atoms with Crippen LogP contribution in [0.3, 0.4) is 0 Å². The Morgan fingerprint density at radius 1 is 1.44 bits per heavy atom. The van der Waals surface area contributed by atoms with E-state index in [2.05, 4.69) is 0 Å².